The Morgan fingerprint density at radius 2 is 1.80 bits per heavy atom. The first-order valence-electron chi connectivity index (χ1n) is 8.25. The molecule has 2 rings (SSSR count). The van der Waals surface area contributed by atoms with E-state index in [4.69, 9.17) is 0 Å². The van der Waals surface area contributed by atoms with E-state index in [2.05, 4.69) is 33.1 Å². The van der Waals surface area contributed by atoms with Gasteiger partial charge in [0.15, 0.2) is 0 Å². The number of nitrogens with one attached hydrogen (secondary N) is 1. The Morgan fingerprint density at radius 3 is 2.36 bits per heavy atom. The number of alkyl halides is 3. The van der Waals surface area contributed by atoms with Gasteiger partial charge in [-0.05, 0) is 30.2 Å². The second-order valence-electron chi connectivity index (χ2n) is 6.03. The molecule has 0 aliphatic carbocycles. The molecule has 0 radical (unpaired) electrons. The number of benzene rings is 1. The summed E-state index contributed by atoms with van der Waals surface area (Å²) in [5, 5.41) is 3.31. The Bertz CT molecular complexity index is 509. The van der Waals surface area contributed by atoms with Crippen molar-refractivity contribution in [3.05, 3.63) is 33.8 Å². The highest BCUT2D eigenvalue weighted by Gasteiger charge is 2.32. The highest BCUT2D eigenvalue weighted by Crippen LogP contribution is 2.37. The lowest BCUT2D eigenvalue weighted by atomic mass is 9.96. The summed E-state index contributed by atoms with van der Waals surface area (Å²) in [5.41, 5.74) is 0.198. The Morgan fingerprint density at radius 1 is 1.16 bits per heavy atom. The molecular weight excluding hydrogens is 440 g/mol. The number of hydrogen-bond acceptors (Lipinski definition) is 2. The predicted octanol–water partition coefficient (Wildman–Crippen LogP) is 5.84. The van der Waals surface area contributed by atoms with Gasteiger partial charge in [-0.3, -0.25) is 4.90 Å². The van der Waals surface area contributed by atoms with E-state index in [-0.39, 0.29) is 30.9 Å². The van der Waals surface area contributed by atoms with E-state index in [9.17, 15) is 13.2 Å². The van der Waals surface area contributed by atoms with Crippen molar-refractivity contribution in [2.75, 3.05) is 26.2 Å². The third kappa shape index (κ3) is 7.25. The smallest absolute Gasteiger partial charge is 0.314 e. The number of hydrogen-bond donors (Lipinski definition) is 1. The van der Waals surface area contributed by atoms with E-state index in [1.807, 2.05) is 0 Å². The molecule has 25 heavy (non-hydrogen) atoms. The van der Waals surface area contributed by atoms with Gasteiger partial charge in [0.25, 0.3) is 0 Å². The average Bonchev–Trinajstić information content (AvgIpc) is 2.52. The summed E-state index contributed by atoms with van der Waals surface area (Å²) in [5.74, 6) is 0. The fourth-order valence-electron chi connectivity index (χ4n) is 3.09. The minimum Gasteiger partial charge on any atom is -0.314 e. The van der Waals surface area contributed by atoms with Crippen molar-refractivity contribution >= 4 is 40.7 Å². The highest BCUT2D eigenvalue weighted by molar-refractivity contribution is 9.10. The lowest BCUT2D eigenvalue weighted by Crippen LogP contribution is -2.45. The Hall–Kier alpha value is -0.0100. The molecule has 2 nitrogen and oxygen atoms in total. The van der Waals surface area contributed by atoms with Crippen molar-refractivity contribution in [2.24, 2.45) is 0 Å². The van der Waals surface area contributed by atoms with Gasteiger partial charge in [-0.1, -0.05) is 42.1 Å². The first-order valence-corrected chi connectivity index (χ1v) is 9.04. The largest absolute Gasteiger partial charge is 0.416 e. The summed E-state index contributed by atoms with van der Waals surface area (Å²) in [6.07, 6.45) is -0.147. The third-order valence-electron chi connectivity index (χ3n) is 4.36. The molecule has 1 atom stereocenters. The van der Waals surface area contributed by atoms with Crippen molar-refractivity contribution in [3.8, 4) is 0 Å². The van der Waals surface area contributed by atoms with Crippen LogP contribution in [0.15, 0.2) is 22.7 Å². The molecule has 146 valence electrons. The van der Waals surface area contributed by atoms with E-state index >= 15 is 0 Å². The first-order chi connectivity index (χ1) is 10.9. The van der Waals surface area contributed by atoms with Crippen LogP contribution in [0.3, 0.4) is 0 Å². The van der Waals surface area contributed by atoms with Crippen LogP contribution in [-0.4, -0.2) is 31.1 Å². The van der Waals surface area contributed by atoms with Gasteiger partial charge in [0.1, 0.15) is 0 Å². The van der Waals surface area contributed by atoms with Crippen LogP contribution in [0.5, 0.6) is 0 Å². The molecule has 1 aromatic rings. The summed E-state index contributed by atoms with van der Waals surface area (Å²) < 4.78 is 40.0. The van der Waals surface area contributed by atoms with Gasteiger partial charge in [-0.25, -0.2) is 0 Å². The molecule has 0 bridgehead atoms. The molecule has 1 aliphatic rings. The maximum absolute atomic E-state index is 13.1. The lowest BCUT2D eigenvalue weighted by molar-refractivity contribution is -0.137. The van der Waals surface area contributed by atoms with Crippen molar-refractivity contribution in [3.63, 3.8) is 0 Å². The zero-order valence-electron chi connectivity index (χ0n) is 14.2. The van der Waals surface area contributed by atoms with Crippen LogP contribution >= 0.6 is 40.7 Å². The molecule has 1 aromatic carbocycles. The maximum Gasteiger partial charge on any atom is 0.416 e. The minimum atomic E-state index is -4.30. The molecule has 1 aliphatic heterocycles. The molecule has 1 heterocycles. The first kappa shape index (κ1) is 25.0. The zero-order chi connectivity index (χ0) is 16.9. The van der Waals surface area contributed by atoms with Gasteiger partial charge in [-0.2, -0.15) is 13.2 Å². The Labute approximate surface area is 168 Å². The lowest BCUT2D eigenvalue weighted by Gasteiger charge is -2.36. The molecule has 8 heteroatoms. The molecule has 0 amide bonds. The normalized spacial score (nSPS) is 16.7. The van der Waals surface area contributed by atoms with E-state index in [1.54, 1.807) is 0 Å². The Balaban J connectivity index is 0.00000288. The molecule has 0 spiro atoms. The van der Waals surface area contributed by atoms with Gasteiger partial charge < -0.3 is 5.32 Å². The van der Waals surface area contributed by atoms with Crippen molar-refractivity contribution in [1.82, 2.24) is 10.2 Å². The summed E-state index contributed by atoms with van der Waals surface area (Å²) in [6.45, 7) is 5.67. The molecule has 0 aromatic heterocycles. The van der Waals surface area contributed by atoms with Gasteiger partial charge >= 0.3 is 6.18 Å². The van der Waals surface area contributed by atoms with Gasteiger partial charge in [-0.15, -0.1) is 24.8 Å². The summed E-state index contributed by atoms with van der Waals surface area (Å²) in [4.78, 5) is 2.31. The van der Waals surface area contributed by atoms with E-state index in [1.165, 1.54) is 12.1 Å². The van der Waals surface area contributed by atoms with Gasteiger partial charge in [0, 0.05) is 36.7 Å². The van der Waals surface area contributed by atoms with E-state index in [0.717, 1.165) is 68.0 Å². The van der Waals surface area contributed by atoms with Gasteiger partial charge in [0.2, 0.25) is 0 Å². The number of halogens is 6. The summed E-state index contributed by atoms with van der Waals surface area (Å²) >= 11 is 3.46. The van der Waals surface area contributed by atoms with Crippen LogP contribution in [0.4, 0.5) is 13.2 Å². The van der Waals surface area contributed by atoms with E-state index in [0.29, 0.717) is 0 Å². The number of nitrogens with zero attached hydrogens (tertiary/aromatic N) is 1. The highest BCUT2D eigenvalue weighted by atomic mass is 79.9. The van der Waals surface area contributed by atoms with Crippen LogP contribution < -0.4 is 5.32 Å². The second-order valence-corrected chi connectivity index (χ2v) is 6.89. The molecule has 1 saturated heterocycles. The quantitative estimate of drug-likeness (QED) is 0.531. The molecule has 0 unspecified atom stereocenters. The monoisotopic (exact) mass is 464 g/mol. The van der Waals surface area contributed by atoms with Crippen molar-refractivity contribution in [2.45, 2.75) is 44.8 Å². The predicted molar refractivity (Wildman–Crippen MR) is 105 cm³/mol. The number of piperazine rings is 1. The second kappa shape index (κ2) is 11.7. The average molecular weight is 466 g/mol. The molecular formula is C17H26BrCl2F3N2. The summed E-state index contributed by atoms with van der Waals surface area (Å²) in [7, 11) is 0. The fraction of sp³-hybridized carbons (Fsp3) is 0.647. The maximum atomic E-state index is 13.1. The third-order valence-corrected chi connectivity index (χ3v) is 5.08. The number of rotatable bonds is 6. The van der Waals surface area contributed by atoms with Crippen LogP contribution in [0.1, 0.15) is 49.8 Å². The van der Waals surface area contributed by atoms with E-state index < -0.39 is 11.7 Å². The van der Waals surface area contributed by atoms with Crippen LogP contribution in [-0.2, 0) is 6.18 Å². The Kier molecular flexibility index (Phi) is 11.6. The van der Waals surface area contributed by atoms with Gasteiger partial charge in [0.05, 0.1) is 5.56 Å². The molecule has 1 N–H and O–H groups in total. The van der Waals surface area contributed by atoms with Crippen LogP contribution in [0.25, 0.3) is 0 Å². The van der Waals surface area contributed by atoms with Crippen LogP contribution in [0.2, 0.25) is 0 Å². The topological polar surface area (TPSA) is 15.3 Å². The molecule has 0 saturated carbocycles. The fourth-order valence-corrected chi connectivity index (χ4v) is 3.60. The van der Waals surface area contributed by atoms with Crippen molar-refractivity contribution in [1.29, 1.82) is 0 Å². The number of unbranched alkanes of at least 4 members (excludes halogenated alkanes) is 2. The minimum absolute atomic E-state index is 0. The van der Waals surface area contributed by atoms with Crippen molar-refractivity contribution < 1.29 is 13.2 Å². The standard InChI is InChI=1S/C17H24BrF3N2.2ClH/c1-2-3-4-5-16(23-10-8-22-9-11-23)14-12-13(17(19,20)21)6-7-15(14)18;;/h6-7,12,16,22H,2-5,8-11H2,1H3;2*1H/t16-;;/m1../s1. The summed E-state index contributed by atoms with van der Waals surface area (Å²) in [6, 6.07) is 4.05. The van der Waals surface area contributed by atoms with Crippen LogP contribution in [0, 0.1) is 0 Å². The molecule has 1 fully saturated rings. The SMILES string of the molecule is CCCCC[C@H](c1cc(C(F)(F)F)ccc1Br)N1CCNCC1.Cl.Cl. The zero-order valence-corrected chi connectivity index (χ0v) is 17.5.